The Labute approximate surface area is 246 Å². The monoisotopic (exact) mass is 583 g/mol. The molecule has 3 aliphatic rings. The highest BCUT2D eigenvalue weighted by atomic mass is 32.2. The van der Waals surface area contributed by atoms with E-state index in [1.54, 1.807) is 74.7 Å². The van der Waals surface area contributed by atoms with Gasteiger partial charge in [0.25, 0.3) is 15.9 Å². The lowest BCUT2D eigenvalue weighted by Crippen LogP contribution is -2.52. The van der Waals surface area contributed by atoms with Gasteiger partial charge in [-0.2, -0.15) is 0 Å². The Kier molecular flexibility index (Phi) is 6.17. The second kappa shape index (κ2) is 9.23. The van der Waals surface area contributed by atoms with Crippen molar-refractivity contribution in [2.45, 2.75) is 51.9 Å². The summed E-state index contributed by atoms with van der Waals surface area (Å²) in [5.41, 5.74) is -0.306. The Morgan fingerprint density at radius 1 is 0.786 bits per heavy atom. The number of anilines is 1. The highest BCUT2D eigenvalue weighted by molar-refractivity contribution is 7.93. The predicted octanol–water partition coefficient (Wildman–Crippen LogP) is 6.00. The molecule has 216 valence electrons. The Hall–Kier alpha value is -4.04. The van der Waals surface area contributed by atoms with Gasteiger partial charge in [-0.05, 0) is 72.7 Å². The van der Waals surface area contributed by atoms with Gasteiger partial charge in [-0.3, -0.25) is 14.4 Å². The second-order valence-electron chi connectivity index (χ2n) is 12.7. The molecule has 0 aromatic heterocycles. The van der Waals surface area contributed by atoms with Gasteiger partial charge in [0.15, 0.2) is 11.6 Å². The lowest BCUT2D eigenvalue weighted by Gasteiger charge is -2.42. The zero-order valence-electron chi connectivity index (χ0n) is 24.4. The Morgan fingerprint density at radius 3 is 1.98 bits per heavy atom. The number of rotatable bonds is 4. The maximum absolute atomic E-state index is 14.7. The van der Waals surface area contributed by atoms with Crippen LogP contribution < -0.4 is 9.04 Å². The van der Waals surface area contributed by atoms with Gasteiger partial charge in [0, 0.05) is 18.4 Å². The maximum atomic E-state index is 14.7. The Bertz CT molecular complexity index is 1780. The second-order valence-corrected chi connectivity index (χ2v) is 14.4. The van der Waals surface area contributed by atoms with Gasteiger partial charge in [0.1, 0.15) is 11.2 Å². The van der Waals surface area contributed by atoms with Crippen LogP contribution in [0.4, 0.5) is 5.69 Å². The topological polar surface area (TPSA) is 97.8 Å². The van der Waals surface area contributed by atoms with E-state index in [1.807, 2.05) is 20.8 Å². The fourth-order valence-corrected chi connectivity index (χ4v) is 8.60. The quantitative estimate of drug-likeness (QED) is 0.349. The zero-order chi connectivity index (χ0) is 30.2. The van der Waals surface area contributed by atoms with Gasteiger partial charge in [0.2, 0.25) is 0 Å². The molecule has 1 amide bonds. The molecule has 8 heteroatoms. The minimum Gasteiger partial charge on any atom is -0.497 e. The number of Topliss-reactive ketones (excluding diaryl/α,β-unsaturated/α-hetero) is 2. The first-order valence-corrected chi connectivity index (χ1v) is 15.4. The van der Waals surface area contributed by atoms with Crippen molar-refractivity contribution in [3.05, 3.63) is 89.5 Å². The molecular formula is C34H33NO6S. The molecule has 1 heterocycles. The van der Waals surface area contributed by atoms with E-state index in [9.17, 15) is 22.8 Å². The van der Waals surface area contributed by atoms with Crippen LogP contribution in [0.25, 0.3) is 11.1 Å². The summed E-state index contributed by atoms with van der Waals surface area (Å²) in [6.07, 6.45) is 0.212. The van der Waals surface area contributed by atoms with Crippen molar-refractivity contribution in [2.75, 3.05) is 11.4 Å². The molecule has 0 saturated heterocycles. The van der Waals surface area contributed by atoms with Gasteiger partial charge < -0.3 is 4.74 Å². The number of methoxy groups -OCH3 is 1. The first-order valence-electron chi connectivity index (χ1n) is 14.0. The summed E-state index contributed by atoms with van der Waals surface area (Å²) in [6, 6.07) is 20.3. The largest absolute Gasteiger partial charge is 0.497 e. The molecule has 2 aliphatic carbocycles. The fourth-order valence-electron chi connectivity index (χ4n) is 7.07. The molecule has 1 saturated carbocycles. The maximum Gasteiger partial charge on any atom is 0.270 e. The number of ketones is 2. The molecule has 1 spiro atoms. The highest BCUT2D eigenvalue weighted by Gasteiger charge is 2.67. The predicted molar refractivity (Wildman–Crippen MR) is 160 cm³/mol. The number of hydrogen-bond donors (Lipinski definition) is 0. The van der Waals surface area contributed by atoms with Crippen LogP contribution in [0.1, 0.15) is 56.7 Å². The van der Waals surface area contributed by atoms with Crippen LogP contribution in [0.15, 0.2) is 77.7 Å². The van der Waals surface area contributed by atoms with Crippen LogP contribution >= 0.6 is 0 Å². The van der Waals surface area contributed by atoms with E-state index in [0.717, 1.165) is 9.87 Å². The van der Waals surface area contributed by atoms with Gasteiger partial charge in [-0.15, -0.1) is 0 Å². The first-order chi connectivity index (χ1) is 19.8. The summed E-state index contributed by atoms with van der Waals surface area (Å²) in [7, 11) is -2.77. The van der Waals surface area contributed by atoms with E-state index in [2.05, 4.69) is 0 Å². The fraction of sp³-hybridized carbons (Fsp3) is 0.324. The van der Waals surface area contributed by atoms with E-state index in [4.69, 9.17) is 4.74 Å². The molecule has 6 rings (SSSR count). The van der Waals surface area contributed by atoms with Crippen LogP contribution in [0.2, 0.25) is 0 Å². The van der Waals surface area contributed by atoms with Crippen molar-refractivity contribution >= 4 is 44.3 Å². The van der Waals surface area contributed by atoms with Crippen molar-refractivity contribution in [2.24, 2.45) is 16.2 Å². The number of sulfonamides is 1. The molecule has 1 fully saturated rings. The average molecular weight is 584 g/mol. The SMILES string of the molecule is COc1ccc(C2=C3c4ccccc4N(S(=O)(=O)c4ccc(C)cc4)C(=O)C3(C)CC23C(=O)CC(C)(C)CC3=O)cc1. The average Bonchev–Trinajstić information content (AvgIpc) is 3.24. The number of hydrogen-bond acceptors (Lipinski definition) is 6. The number of ether oxygens (including phenoxy) is 1. The Morgan fingerprint density at radius 2 is 1.38 bits per heavy atom. The zero-order valence-corrected chi connectivity index (χ0v) is 25.2. The summed E-state index contributed by atoms with van der Waals surface area (Å²) in [4.78, 5) is 43.2. The van der Waals surface area contributed by atoms with Gasteiger partial charge >= 0.3 is 0 Å². The van der Waals surface area contributed by atoms with Gasteiger partial charge in [-0.25, -0.2) is 12.7 Å². The van der Waals surface area contributed by atoms with E-state index < -0.39 is 32.2 Å². The lowest BCUT2D eigenvalue weighted by molar-refractivity contribution is -0.145. The number of allylic oxidation sites excluding steroid dienone is 1. The van der Waals surface area contributed by atoms with Gasteiger partial charge in [-0.1, -0.05) is 61.9 Å². The third kappa shape index (κ3) is 3.84. The van der Waals surface area contributed by atoms with Crippen LogP contribution in [0, 0.1) is 23.2 Å². The van der Waals surface area contributed by atoms with E-state index in [-0.39, 0.29) is 41.4 Å². The first kappa shape index (κ1) is 28.1. The van der Waals surface area contributed by atoms with Crippen LogP contribution in [-0.4, -0.2) is 33.0 Å². The number of para-hydroxylation sites is 1. The normalized spacial score (nSPS) is 22.8. The van der Waals surface area contributed by atoms with Crippen LogP contribution in [0.5, 0.6) is 5.75 Å². The summed E-state index contributed by atoms with van der Waals surface area (Å²) in [5.74, 6) is -0.547. The summed E-state index contributed by atoms with van der Waals surface area (Å²) >= 11 is 0. The number of nitrogens with zero attached hydrogens (tertiary/aromatic N) is 1. The van der Waals surface area contributed by atoms with Crippen molar-refractivity contribution < 1.29 is 27.5 Å². The molecule has 0 N–H and O–H groups in total. The molecule has 7 nitrogen and oxygen atoms in total. The highest BCUT2D eigenvalue weighted by Crippen LogP contribution is 2.67. The summed E-state index contributed by atoms with van der Waals surface area (Å²) in [6.45, 7) is 7.33. The molecule has 1 atom stereocenters. The summed E-state index contributed by atoms with van der Waals surface area (Å²) < 4.78 is 34.5. The molecule has 1 unspecified atom stereocenters. The van der Waals surface area contributed by atoms with Crippen molar-refractivity contribution in [1.82, 2.24) is 0 Å². The third-order valence-electron chi connectivity index (χ3n) is 9.06. The van der Waals surface area contributed by atoms with Crippen molar-refractivity contribution in [3.63, 3.8) is 0 Å². The van der Waals surface area contributed by atoms with Crippen LogP contribution in [0.3, 0.4) is 0 Å². The number of fused-ring (bicyclic) bond motifs is 3. The molecule has 3 aromatic rings. The molecule has 42 heavy (non-hydrogen) atoms. The molecular weight excluding hydrogens is 550 g/mol. The number of aryl methyl sites for hydroxylation is 1. The van der Waals surface area contributed by atoms with Crippen molar-refractivity contribution in [3.8, 4) is 5.75 Å². The number of carbonyl (C=O) groups excluding carboxylic acids is 3. The smallest absolute Gasteiger partial charge is 0.270 e. The van der Waals surface area contributed by atoms with Crippen molar-refractivity contribution in [1.29, 1.82) is 0 Å². The number of amides is 1. The minimum atomic E-state index is -4.32. The molecule has 0 bridgehead atoms. The molecule has 1 aliphatic heterocycles. The Balaban J connectivity index is 1.67. The number of carbonyl (C=O) groups is 3. The van der Waals surface area contributed by atoms with E-state index in [1.165, 1.54) is 12.1 Å². The van der Waals surface area contributed by atoms with Gasteiger partial charge in [0.05, 0.1) is 23.1 Å². The van der Waals surface area contributed by atoms with E-state index in [0.29, 0.717) is 28.0 Å². The number of benzene rings is 3. The molecule has 3 aromatic carbocycles. The third-order valence-corrected chi connectivity index (χ3v) is 10.8. The van der Waals surface area contributed by atoms with Crippen LogP contribution in [-0.2, 0) is 24.4 Å². The summed E-state index contributed by atoms with van der Waals surface area (Å²) in [5, 5.41) is 0. The standard InChI is InChI=1S/C34H33NO6S/c1-21-10-16-24(17-11-21)42(39,40)35-26-9-7-6-8-25(26)30-29(22-12-14-23(41-5)15-13-22)34(20-33(30,4)31(35)38)27(36)18-32(2,3)19-28(34)37/h6-17H,18-20H2,1-5H3. The lowest BCUT2D eigenvalue weighted by atomic mass is 9.58. The minimum absolute atomic E-state index is 0.0121. The molecule has 0 radical (unpaired) electrons. The van der Waals surface area contributed by atoms with E-state index >= 15 is 0 Å².